The lowest BCUT2D eigenvalue weighted by atomic mass is 10.1. The monoisotopic (exact) mass is 467 g/mol. The third-order valence-corrected chi connectivity index (χ3v) is 5.62. The molecule has 1 fully saturated rings. The number of methoxy groups -OCH3 is 2. The average molecular weight is 468 g/mol. The Hall–Kier alpha value is -3.41. The molecule has 1 N–H and O–H groups in total. The summed E-state index contributed by atoms with van der Waals surface area (Å²) in [5.74, 6) is 0.731. The van der Waals surface area contributed by atoms with E-state index in [-0.39, 0.29) is 23.9 Å². The van der Waals surface area contributed by atoms with Crippen molar-refractivity contribution < 1.29 is 23.4 Å². The van der Waals surface area contributed by atoms with Crippen LogP contribution in [0.25, 0.3) is 6.08 Å². The summed E-state index contributed by atoms with van der Waals surface area (Å²) in [6.07, 6.45) is 4.85. The van der Waals surface area contributed by atoms with Crippen LogP contribution in [0.3, 0.4) is 0 Å². The van der Waals surface area contributed by atoms with Crippen LogP contribution >= 0.6 is 0 Å². The number of hydrogen-bond acceptors (Lipinski definition) is 6. The molecule has 1 saturated heterocycles. The van der Waals surface area contributed by atoms with Gasteiger partial charge in [0.25, 0.3) is 0 Å². The summed E-state index contributed by atoms with van der Waals surface area (Å²) in [6, 6.07) is 13.0. The molecule has 0 aromatic heterocycles. The number of nitrogens with one attached hydrogen (secondary N) is 1. The zero-order chi connectivity index (χ0) is 24.3. The summed E-state index contributed by atoms with van der Waals surface area (Å²) in [4.78, 5) is 14.8. The molecule has 2 aromatic rings. The maximum absolute atomic E-state index is 13.1. The van der Waals surface area contributed by atoms with E-state index in [1.807, 2.05) is 0 Å². The highest BCUT2D eigenvalue weighted by atomic mass is 19.1. The largest absolute Gasteiger partial charge is 0.496 e. The number of nitrogens with zero attached hydrogens (tertiary/aromatic N) is 2. The number of ether oxygens (including phenoxy) is 3. The Bertz CT molecular complexity index is 1010. The maximum atomic E-state index is 13.1. The Morgan fingerprint density at radius 2 is 1.97 bits per heavy atom. The van der Waals surface area contributed by atoms with Crippen LogP contribution in [0.1, 0.15) is 24.0 Å². The van der Waals surface area contributed by atoms with Crippen LogP contribution in [-0.2, 0) is 9.53 Å². The van der Waals surface area contributed by atoms with E-state index in [4.69, 9.17) is 19.5 Å². The summed E-state index contributed by atoms with van der Waals surface area (Å²) in [6.45, 7) is 2.70. The van der Waals surface area contributed by atoms with Crippen LogP contribution in [-0.4, -0.2) is 63.4 Å². The summed E-state index contributed by atoms with van der Waals surface area (Å²) in [5, 5.41) is 12.1. The third-order valence-electron chi connectivity index (χ3n) is 5.62. The van der Waals surface area contributed by atoms with E-state index < -0.39 is 0 Å². The van der Waals surface area contributed by atoms with E-state index in [1.54, 1.807) is 50.6 Å². The van der Waals surface area contributed by atoms with Gasteiger partial charge in [-0.3, -0.25) is 4.79 Å². The van der Waals surface area contributed by atoms with E-state index >= 15 is 0 Å². The first-order valence-electron chi connectivity index (χ1n) is 11.2. The van der Waals surface area contributed by atoms with Crippen molar-refractivity contribution in [2.45, 2.75) is 25.0 Å². The van der Waals surface area contributed by atoms with E-state index in [0.29, 0.717) is 35.8 Å². The average Bonchev–Trinajstić information content (AvgIpc) is 2.85. The molecule has 0 unspecified atom stereocenters. The molecule has 0 aliphatic carbocycles. The number of likely N-dealkylation sites (tertiary alicyclic amines) is 1. The first-order valence-corrected chi connectivity index (χ1v) is 11.2. The smallest absolute Gasteiger partial charge is 0.244 e. The van der Waals surface area contributed by atoms with Crippen molar-refractivity contribution in [1.82, 2.24) is 10.2 Å². The molecule has 0 spiro atoms. The second-order valence-corrected chi connectivity index (χ2v) is 8.13. The third kappa shape index (κ3) is 7.58. The Balaban J connectivity index is 1.50. The molecule has 3 rings (SSSR count). The Morgan fingerprint density at radius 3 is 2.62 bits per heavy atom. The van der Waals surface area contributed by atoms with Crippen molar-refractivity contribution in [3.8, 4) is 17.6 Å². The van der Waals surface area contributed by atoms with Gasteiger partial charge >= 0.3 is 0 Å². The topological polar surface area (TPSA) is 83.8 Å². The van der Waals surface area contributed by atoms with Crippen molar-refractivity contribution in [3.05, 3.63) is 65.5 Å². The van der Waals surface area contributed by atoms with Gasteiger partial charge in [0.1, 0.15) is 23.4 Å². The summed E-state index contributed by atoms with van der Waals surface area (Å²) < 4.78 is 29.6. The van der Waals surface area contributed by atoms with Crippen LogP contribution in [0.5, 0.6) is 11.5 Å². The summed E-state index contributed by atoms with van der Waals surface area (Å²) >= 11 is 0. The summed E-state index contributed by atoms with van der Waals surface area (Å²) in [5.41, 5.74) is 1.15. The highest BCUT2D eigenvalue weighted by Crippen LogP contribution is 2.21. The SMILES string of the molecule is COC[C@H](CN1CCC(Oc2ccc(F)cc2)CC1)NC(=O)/C=C/c1cc(C#N)ccc1OC. The minimum atomic E-state index is -0.280. The second-order valence-electron chi connectivity index (χ2n) is 8.13. The van der Waals surface area contributed by atoms with Crippen molar-refractivity contribution in [3.63, 3.8) is 0 Å². The van der Waals surface area contributed by atoms with Crippen LogP contribution < -0.4 is 14.8 Å². The van der Waals surface area contributed by atoms with Gasteiger partial charge in [0.2, 0.25) is 5.91 Å². The number of benzene rings is 2. The van der Waals surface area contributed by atoms with E-state index in [0.717, 1.165) is 25.9 Å². The molecule has 0 radical (unpaired) electrons. The molecular formula is C26H30FN3O4. The first kappa shape index (κ1) is 25.2. The van der Waals surface area contributed by atoms with Gasteiger partial charge in [-0.05, 0) is 61.4 Å². The fourth-order valence-corrected chi connectivity index (χ4v) is 3.92. The molecule has 1 heterocycles. The van der Waals surface area contributed by atoms with Gasteiger partial charge in [-0.25, -0.2) is 4.39 Å². The van der Waals surface area contributed by atoms with Gasteiger partial charge in [0.15, 0.2) is 0 Å². The van der Waals surface area contributed by atoms with Crippen molar-refractivity contribution >= 4 is 12.0 Å². The quantitative estimate of drug-likeness (QED) is 0.540. The lowest BCUT2D eigenvalue weighted by Gasteiger charge is -2.34. The zero-order valence-corrected chi connectivity index (χ0v) is 19.5. The van der Waals surface area contributed by atoms with Crippen LogP contribution in [0.2, 0.25) is 0 Å². The predicted molar refractivity (Wildman–Crippen MR) is 127 cm³/mol. The van der Waals surface area contributed by atoms with Crippen LogP contribution in [0.15, 0.2) is 48.5 Å². The number of amides is 1. The fourth-order valence-electron chi connectivity index (χ4n) is 3.92. The summed E-state index contributed by atoms with van der Waals surface area (Å²) in [7, 11) is 3.15. The van der Waals surface area contributed by atoms with Gasteiger partial charge in [0, 0.05) is 38.4 Å². The fraction of sp³-hybridized carbons (Fsp3) is 0.385. The number of carbonyl (C=O) groups is 1. The van der Waals surface area contributed by atoms with Gasteiger partial charge in [-0.1, -0.05) is 0 Å². The van der Waals surface area contributed by atoms with E-state index in [9.17, 15) is 9.18 Å². The standard InChI is InChI=1S/C26H30FN3O4/c1-32-18-22(29-26(31)10-4-20-15-19(16-28)3-9-25(20)33-2)17-30-13-11-24(12-14-30)34-23-7-5-21(27)6-8-23/h3-10,15,22,24H,11-14,17-18H2,1-2H3,(H,29,31)/b10-4+/t22-/m0/s1. The Morgan fingerprint density at radius 1 is 1.24 bits per heavy atom. The minimum Gasteiger partial charge on any atom is -0.496 e. The van der Waals surface area contributed by atoms with Crippen LogP contribution in [0.4, 0.5) is 4.39 Å². The highest BCUT2D eigenvalue weighted by molar-refractivity contribution is 5.92. The molecule has 1 atom stereocenters. The van der Waals surface area contributed by atoms with Crippen LogP contribution in [0, 0.1) is 17.1 Å². The van der Waals surface area contributed by atoms with Crippen molar-refractivity contribution in [2.75, 3.05) is 40.5 Å². The van der Waals surface area contributed by atoms with Gasteiger partial charge in [0.05, 0.1) is 31.4 Å². The number of nitriles is 1. The lowest BCUT2D eigenvalue weighted by molar-refractivity contribution is -0.117. The molecule has 1 amide bonds. The second kappa shape index (κ2) is 12.7. The number of halogens is 1. The normalized spacial score (nSPS) is 15.6. The number of carbonyl (C=O) groups excluding carboxylic acids is 1. The van der Waals surface area contributed by atoms with Crippen molar-refractivity contribution in [1.29, 1.82) is 5.26 Å². The number of piperidine rings is 1. The molecule has 180 valence electrons. The number of hydrogen-bond donors (Lipinski definition) is 1. The molecule has 34 heavy (non-hydrogen) atoms. The Kier molecular flexibility index (Phi) is 9.44. The zero-order valence-electron chi connectivity index (χ0n) is 19.5. The molecular weight excluding hydrogens is 437 g/mol. The molecule has 8 heteroatoms. The molecule has 2 aromatic carbocycles. The molecule has 1 aliphatic rings. The van der Waals surface area contributed by atoms with E-state index in [1.165, 1.54) is 18.2 Å². The Labute approximate surface area is 199 Å². The lowest BCUT2D eigenvalue weighted by Crippen LogP contribution is -2.49. The molecule has 7 nitrogen and oxygen atoms in total. The van der Waals surface area contributed by atoms with Gasteiger partial charge in [-0.2, -0.15) is 5.26 Å². The van der Waals surface area contributed by atoms with E-state index in [2.05, 4.69) is 16.3 Å². The molecule has 0 bridgehead atoms. The maximum Gasteiger partial charge on any atom is 0.244 e. The highest BCUT2D eigenvalue weighted by Gasteiger charge is 2.23. The molecule has 0 saturated carbocycles. The predicted octanol–water partition coefficient (Wildman–Crippen LogP) is 3.39. The molecule has 1 aliphatic heterocycles. The first-order chi connectivity index (χ1) is 16.5. The van der Waals surface area contributed by atoms with Gasteiger partial charge in [-0.15, -0.1) is 0 Å². The van der Waals surface area contributed by atoms with Crippen molar-refractivity contribution in [2.24, 2.45) is 0 Å². The van der Waals surface area contributed by atoms with Gasteiger partial charge < -0.3 is 24.4 Å². The number of rotatable bonds is 10. The minimum absolute atomic E-state index is 0.0827.